The van der Waals surface area contributed by atoms with E-state index in [1.807, 2.05) is 54.7 Å². The van der Waals surface area contributed by atoms with E-state index >= 15 is 0 Å². The molecule has 0 aliphatic carbocycles. The molecule has 184 valence electrons. The van der Waals surface area contributed by atoms with Crippen molar-refractivity contribution in [1.29, 1.82) is 0 Å². The molecule has 0 bridgehead atoms. The van der Waals surface area contributed by atoms with E-state index in [4.69, 9.17) is 4.74 Å². The molecule has 9 heteroatoms. The summed E-state index contributed by atoms with van der Waals surface area (Å²) in [6.45, 7) is 3.39. The monoisotopic (exact) mass is 503 g/mol. The Labute approximate surface area is 205 Å². The normalized spacial score (nSPS) is 12.1. The molecule has 3 aromatic rings. The summed E-state index contributed by atoms with van der Waals surface area (Å²) in [4.78, 5) is 24.4. The number of carboxylic acid groups (broad SMARTS) is 1. The molecule has 1 atom stereocenters. The lowest BCUT2D eigenvalue weighted by Gasteiger charge is -2.15. The molecule has 0 fully saturated rings. The average molecular weight is 504 g/mol. The van der Waals surface area contributed by atoms with Gasteiger partial charge in [0.05, 0.1) is 5.56 Å². The number of amides is 1. The maximum absolute atomic E-state index is 12.4. The Morgan fingerprint density at radius 3 is 2.34 bits per heavy atom. The summed E-state index contributed by atoms with van der Waals surface area (Å²) in [5.41, 5.74) is 1.63. The van der Waals surface area contributed by atoms with E-state index < -0.39 is 24.1 Å². The highest BCUT2D eigenvalue weighted by Gasteiger charge is 2.39. The molecule has 0 aromatic heterocycles. The van der Waals surface area contributed by atoms with Crippen molar-refractivity contribution in [2.45, 2.75) is 48.7 Å². The van der Waals surface area contributed by atoms with Crippen LogP contribution in [0.4, 0.5) is 13.2 Å². The van der Waals surface area contributed by atoms with Crippen molar-refractivity contribution < 1.29 is 32.6 Å². The molecule has 3 rings (SSSR count). The van der Waals surface area contributed by atoms with E-state index in [1.54, 1.807) is 24.3 Å². The van der Waals surface area contributed by atoms with Crippen LogP contribution in [0.3, 0.4) is 0 Å². The first-order chi connectivity index (χ1) is 16.6. The predicted octanol–water partition coefficient (Wildman–Crippen LogP) is 6.50. The first kappa shape index (κ1) is 26.2. The molecule has 35 heavy (non-hydrogen) atoms. The summed E-state index contributed by atoms with van der Waals surface area (Å²) in [6.07, 6.45) is -4.12. The lowest BCUT2D eigenvalue weighted by Crippen LogP contribution is -2.42. The van der Waals surface area contributed by atoms with Crippen LogP contribution in [0, 0.1) is 0 Å². The number of carbonyl (C=O) groups is 2. The van der Waals surface area contributed by atoms with Crippen LogP contribution in [-0.2, 0) is 17.6 Å². The minimum Gasteiger partial charge on any atom is -0.478 e. The number of ether oxygens (including phenoxy) is 1. The van der Waals surface area contributed by atoms with E-state index in [0.717, 1.165) is 15.4 Å². The highest BCUT2D eigenvalue weighted by Crippen LogP contribution is 2.33. The van der Waals surface area contributed by atoms with Gasteiger partial charge in [-0.05, 0) is 67.8 Å². The molecule has 1 unspecified atom stereocenters. The second-order valence-electron chi connectivity index (χ2n) is 7.84. The number of carbonyl (C=O) groups excluding carboxylic acids is 1. The minimum absolute atomic E-state index is 0.211. The zero-order valence-corrected chi connectivity index (χ0v) is 19.9. The van der Waals surface area contributed by atoms with Crippen LogP contribution >= 0.6 is 11.8 Å². The van der Waals surface area contributed by atoms with Gasteiger partial charge >= 0.3 is 18.1 Å². The van der Waals surface area contributed by atoms with Gasteiger partial charge in [0.15, 0.2) is 0 Å². The number of hydrogen-bond donors (Lipinski definition) is 2. The summed E-state index contributed by atoms with van der Waals surface area (Å²) in [7, 11) is 0. The van der Waals surface area contributed by atoms with Gasteiger partial charge in [0, 0.05) is 21.4 Å². The third-order valence-electron chi connectivity index (χ3n) is 5.09. The Morgan fingerprint density at radius 2 is 1.71 bits per heavy atom. The number of halogens is 3. The summed E-state index contributed by atoms with van der Waals surface area (Å²) in [6, 6.07) is 19.0. The van der Waals surface area contributed by atoms with Crippen LogP contribution in [0.15, 0.2) is 76.5 Å². The van der Waals surface area contributed by atoms with E-state index in [0.29, 0.717) is 23.5 Å². The molecule has 5 nitrogen and oxygen atoms in total. The largest absolute Gasteiger partial charge is 0.478 e. The zero-order valence-electron chi connectivity index (χ0n) is 19.1. The fourth-order valence-electron chi connectivity index (χ4n) is 3.49. The average Bonchev–Trinajstić information content (AvgIpc) is 2.79. The topological polar surface area (TPSA) is 75.6 Å². The molecule has 3 aromatic carbocycles. The van der Waals surface area contributed by atoms with Crippen molar-refractivity contribution in [3.8, 4) is 11.5 Å². The number of aromatic carboxylic acids is 1. The van der Waals surface area contributed by atoms with Crippen LogP contribution in [0.1, 0.15) is 35.3 Å². The van der Waals surface area contributed by atoms with Crippen molar-refractivity contribution in [2.75, 3.05) is 0 Å². The Hall–Kier alpha value is -3.46. The first-order valence-electron chi connectivity index (χ1n) is 10.8. The molecule has 2 N–H and O–H groups in total. The van der Waals surface area contributed by atoms with Gasteiger partial charge in [-0.2, -0.15) is 13.2 Å². The lowest BCUT2D eigenvalue weighted by atomic mass is 10.0. The van der Waals surface area contributed by atoms with Crippen LogP contribution in [0.2, 0.25) is 0 Å². The number of rotatable bonds is 9. The maximum atomic E-state index is 12.4. The fourth-order valence-corrected chi connectivity index (χ4v) is 4.36. The smallest absolute Gasteiger partial charge is 0.471 e. The third-order valence-corrected chi connectivity index (χ3v) is 6.08. The van der Waals surface area contributed by atoms with Crippen molar-refractivity contribution in [3.63, 3.8) is 0 Å². The lowest BCUT2D eigenvalue weighted by molar-refractivity contribution is -0.174. The van der Waals surface area contributed by atoms with Crippen LogP contribution in [-0.4, -0.2) is 29.2 Å². The molecular weight excluding hydrogens is 479 g/mol. The molecule has 0 spiro atoms. The van der Waals surface area contributed by atoms with E-state index in [9.17, 15) is 27.9 Å². The van der Waals surface area contributed by atoms with Gasteiger partial charge in [0.1, 0.15) is 11.5 Å². The second-order valence-corrected chi connectivity index (χ2v) is 8.99. The third kappa shape index (κ3) is 7.26. The fraction of sp³-hybridized carbons (Fsp3) is 0.231. The van der Waals surface area contributed by atoms with Crippen LogP contribution in [0.25, 0.3) is 0 Å². The van der Waals surface area contributed by atoms with Gasteiger partial charge in [0.25, 0.3) is 0 Å². The maximum Gasteiger partial charge on any atom is 0.471 e. The number of hydrogen-bond acceptors (Lipinski definition) is 4. The molecule has 0 aliphatic rings. The zero-order chi connectivity index (χ0) is 25.6. The van der Waals surface area contributed by atoms with E-state index in [1.165, 1.54) is 18.7 Å². The summed E-state index contributed by atoms with van der Waals surface area (Å²) in [5, 5.41) is 11.4. The number of benzene rings is 3. The highest BCUT2D eigenvalue weighted by atomic mass is 32.2. The van der Waals surface area contributed by atoms with Gasteiger partial charge in [-0.1, -0.05) is 43.0 Å². The number of carboxylic acids is 1. The Morgan fingerprint density at radius 1 is 1.03 bits per heavy atom. The van der Waals surface area contributed by atoms with Crippen molar-refractivity contribution in [2.24, 2.45) is 0 Å². The predicted molar refractivity (Wildman–Crippen MR) is 127 cm³/mol. The van der Waals surface area contributed by atoms with Gasteiger partial charge in [-0.15, -0.1) is 0 Å². The molecule has 0 aliphatic heterocycles. The van der Waals surface area contributed by atoms with Crippen LogP contribution in [0.5, 0.6) is 11.5 Å². The standard InChI is InChI=1S/C26H24F3NO4S/c1-3-21-22(24(31)32)8-5-9-23(21)34-18-6-4-7-20(15-18)35-19-12-10-17(11-13-19)14-16(2)30-25(33)26(27,28)29/h4-13,15-16H,3,14H2,1-2H3,(H,30,33)(H,31,32). The van der Waals surface area contributed by atoms with Crippen molar-refractivity contribution in [3.05, 3.63) is 83.4 Å². The molecule has 0 saturated heterocycles. The quantitative estimate of drug-likeness (QED) is 0.349. The van der Waals surface area contributed by atoms with Crippen LogP contribution < -0.4 is 10.1 Å². The minimum atomic E-state index is -4.90. The van der Waals surface area contributed by atoms with Crippen molar-refractivity contribution in [1.82, 2.24) is 5.32 Å². The molecule has 0 saturated carbocycles. The molecule has 0 radical (unpaired) electrons. The second kappa shape index (κ2) is 11.3. The van der Waals surface area contributed by atoms with E-state index in [2.05, 4.69) is 0 Å². The van der Waals surface area contributed by atoms with Gasteiger partial charge in [-0.3, -0.25) is 4.79 Å². The summed E-state index contributed by atoms with van der Waals surface area (Å²) in [5.74, 6) is -1.89. The van der Waals surface area contributed by atoms with E-state index in [-0.39, 0.29) is 12.0 Å². The number of alkyl halides is 3. The van der Waals surface area contributed by atoms with Gasteiger partial charge in [0.2, 0.25) is 0 Å². The first-order valence-corrected chi connectivity index (χ1v) is 11.7. The Balaban J connectivity index is 1.66. The molecule has 1 amide bonds. The Bertz CT molecular complexity index is 1200. The summed E-state index contributed by atoms with van der Waals surface area (Å²) < 4.78 is 43.2. The molecule has 0 heterocycles. The molecular formula is C26H24F3NO4S. The Kier molecular flexibility index (Phi) is 8.45. The summed E-state index contributed by atoms with van der Waals surface area (Å²) >= 11 is 1.48. The van der Waals surface area contributed by atoms with Crippen molar-refractivity contribution >= 4 is 23.6 Å². The number of nitrogens with one attached hydrogen (secondary N) is 1. The SMILES string of the molecule is CCc1c(Oc2cccc(Sc3ccc(CC(C)NC(=O)C(F)(F)F)cc3)c2)cccc1C(=O)O. The van der Waals surface area contributed by atoms with Gasteiger partial charge < -0.3 is 15.2 Å². The highest BCUT2D eigenvalue weighted by molar-refractivity contribution is 7.99. The van der Waals surface area contributed by atoms with Gasteiger partial charge in [-0.25, -0.2) is 4.79 Å².